The fourth-order valence-electron chi connectivity index (χ4n) is 3.83. The number of carbonyl (C=O) groups is 5. The quantitative estimate of drug-likeness (QED) is 0.208. The second-order valence-corrected chi connectivity index (χ2v) is 8.54. The number of amides is 3. The van der Waals surface area contributed by atoms with Crippen molar-refractivity contribution >= 4 is 29.7 Å². The summed E-state index contributed by atoms with van der Waals surface area (Å²) in [6, 6.07) is 3.87. The van der Waals surface area contributed by atoms with Crippen LogP contribution in [0.3, 0.4) is 0 Å². The van der Waals surface area contributed by atoms with Crippen molar-refractivity contribution in [3.63, 3.8) is 0 Å². The van der Waals surface area contributed by atoms with Crippen LogP contribution >= 0.6 is 0 Å². The van der Waals surface area contributed by atoms with E-state index in [1.165, 1.54) is 6.92 Å². The van der Waals surface area contributed by atoms with Gasteiger partial charge in [0.15, 0.2) is 0 Å². The Morgan fingerprint density at radius 3 is 2.26 bits per heavy atom. The third-order valence-electron chi connectivity index (χ3n) is 5.82. The number of carboxylic acids is 2. The molecule has 1 heterocycles. The molecule has 0 aliphatic carbocycles. The van der Waals surface area contributed by atoms with Crippen molar-refractivity contribution in [3.8, 4) is 0 Å². The minimum Gasteiger partial charge on any atom is -0.481 e. The van der Waals surface area contributed by atoms with Gasteiger partial charge in [0, 0.05) is 19.4 Å². The number of nitrogens with zero attached hydrogens (tertiary/aromatic N) is 1. The molecule has 5 unspecified atom stereocenters. The first-order chi connectivity index (χ1) is 16.5. The van der Waals surface area contributed by atoms with Crippen molar-refractivity contribution in [2.24, 2.45) is 5.73 Å². The van der Waals surface area contributed by atoms with E-state index in [-0.39, 0.29) is 25.8 Å². The second kappa shape index (κ2) is 12.8. The number of rotatable bonds is 12. The number of aliphatic hydroxyl groups is 1. The minimum atomic E-state index is -1.31. The van der Waals surface area contributed by atoms with Gasteiger partial charge >= 0.3 is 11.9 Å². The SMILES string of the molecule is CC(O)C(N)C(=O)NC(Cc1ccccc1)C(=O)NC(CCC(=O)O)C(=O)N1CCCC1C(=O)O. The predicted molar refractivity (Wildman–Crippen MR) is 123 cm³/mol. The number of aliphatic carboxylic acids is 2. The van der Waals surface area contributed by atoms with E-state index < -0.39 is 66.4 Å². The normalized spacial score (nSPS) is 18.7. The number of benzene rings is 1. The molecule has 12 nitrogen and oxygen atoms in total. The summed E-state index contributed by atoms with van der Waals surface area (Å²) < 4.78 is 0. The largest absolute Gasteiger partial charge is 0.481 e. The molecule has 35 heavy (non-hydrogen) atoms. The molecule has 0 radical (unpaired) electrons. The van der Waals surface area contributed by atoms with Gasteiger partial charge in [-0.15, -0.1) is 0 Å². The number of carbonyl (C=O) groups excluding carboxylic acids is 3. The van der Waals surface area contributed by atoms with Crippen LogP contribution in [-0.2, 0) is 30.4 Å². The van der Waals surface area contributed by atoms with Crippen LogP contribution < -0.4 is 16.4 Å². The molecule has 5 atom stereocenters. The van der Waals surface area contributed by atoms with Gasteiger partial charge in [-0.25, -0.2) is 4.79 Å². The lowest BCUT2D eigenvalue weighted by Gasteiger charge is -2.29. The molecule has 1 aliphatic heterocycles. The van der Waals surface area contributed by atoms with E-state index in [1.807, 2.05) is 0 Å². The summed E-state index contributed by atoms with van der Waals surface area (Å²) >= 11 is 0. The van der Waals surface area contributed by atoms with Crippen molar-refractivity contribution in [1.29, 1.82) is 0 Å². The molecule has 2 rings (SSSR count). The minimum absolute atomic E-state index is 0.0340. The molecule has 1 aliphatic rings. The van der Waals surface area contributed by atoms with Crippen LogP contribution in [0.2, 0.25) is 0 Å². The third kappa shape index (κ3) is 8.04. The third-order valence-corrected chi connectivity index (χ3v) is 5.82. The summed E-state index contributed by atoms with van der Waals surface area (Å²) in [5, 5.41) is 33.1. The maximum absolute atomic E-state index is 13.2. The fourth-order valence-corrected chi connectivity index (χ4v) is 3.83. The summed E-state index contributed by atoms with van der Waals surface area (Å²) in [6.07, 6.45) is -1.13. The zero-order valence-corrected chi connectivity index (χ0v) is 19.4. The lowest BCUT2D eigenvalue weighted by molar-refractivity contribution is -0.150. The number of hydrogen-bond acceptors (Lipinski definition) is 7. The number of nitrogens with two attached hydrogens (primary N) is 1. The molecule has 1 saturated heterocycles. The molecule has 0 bridgehead atoms. The molecule has 1 fully saturated rings. The maximum Gasteiger partial charge on any atom is 0.326 e. The average Bonchev–Trinajstić information content (AvgIpc) is 3.31. The Kier molecular flexibility index (Phi) is 10.2. The van der Waals surface area contributed by atoms with Crippen LogP contribution in [-0.4, -0.2) is 86.7 Å². The van der Waals surface area contributed by atoms with Gasteiger partial charge < -0.3 is 36.6 Å². The molecular formula is C23H32N4O8. The van der Waals surface area contributed by atoms with Gasteiger partial charge in [0.05, 0.1) is 6.10 Å². The van der Waals surface area contributed by atoms with Crippen LogP contribution in [0.1, 0.15) is 38.2 Å². The molecule has 1 aromatic carbocycles. The second-order valence-electron chi connectivity index (χ2n) is 8.54. The summed E-state index contributed by atoms with van der Waals surface area (Å²) in [6.45, 7) is 1.49. The van der Waals surface area contributed by atoms with Crippen molar-refractivity contribution in [1.82, 2.24) is 15.5 Å². The standard InChI is InChI=1S/C23H32N4O8/c1-13(28)19(24)21(32)26-16(12-14-6-3-2-4-7-14)20(31)25-15(9-10-18(29)30)22(33)27-11-5-8-17(27)23(34)35/h2-4,6-7,13,15-17,19,28H,5,8-12,24H2,1H3,(H,25,31)(H,26,32)(H,29,30)(H,34,35). The highest BCUT2D eigenvalue weighted by molar-refractivity contribution is 5.94. The lowest BCUT2D eigenvalue weighted by atomic mass is 10.0. The van der Waals surface area contributed by atoms with Gasteiger partial charge in [-0.3, -0.25) is 19.2 Å². The zero-order chi connectivity index (χ0) is 26.1. The van der Waals surface area contributed by atoms with Gasteiger partial charge in [0.25, 0.3) is 0 Å². The van der Waals surface area contributed by atoms with E-state index >= 15 is 0 Å². The summed E-state index contributed by atoms with van der Waals surface area (Å²) in [7, 11) is 0. The number of hydrogen-bond donors (Lipinski definition) is 6. The van der Waals surface area contributed by atoms with E-state index in [2.05, 4.69) is 10.6 Å². The number of nitrogens with one attached hydrogen (secondary N) is 2. The molecule has 3 amide bonds. The molecule has 12 heteroatoms. The van der Waals surface area contributed by atoms with E-state index in [9.17, 15) is 34.2 Å². The summed E-state index contributed by atoms with van der Waals surface area (Å²) in [5.41, 5.74) is 6.38. The van der Waals surface area contributed by atoms with Crippen LogP contribution in [0, 0.1) is 0 Å². The lowest BCUT2D eigenvalue weighted by Crippen LogP contribution is -2.58. The van der Waals surface area contributed by atoms with E-state index in [4.69, 9.17) is 10.8 Å². The van der Waals surface area contributed by atoms with Crippen molar-refractivity contribution in [2.75, 3.05) is 6.54 Å². The van der Waals surface area contributed by atoms with E-state index in [0.717, 1.165) is 4.90 Å². The molecule has 0 spiro atoms. The van der Waals surface area contributed by atoms with Crippen LogP contribution in [0.4, 0.5) is 0 Å². The molecule has 7 N–H and O–H groups in total. The Morgan fingerprint density at radius 1 is 1.06 bits per heavy atom. The first-order valence-corrected chi connectivity index (χ1v) is 11.3. The highest BCUT2D eigenvalue weighted by atomic mass is 16.4. The highest BCUT2D eigenvalue weighted by Crippen LogP contribution is 2.20. The van der Waals surface area contributed by atoms with Crippen molar-refractivity contribution in [2.45, 2.75) is 69.3 Å². The van der Waals surface area contributed by atoms with E-state index in [0.29, 0.717) is 12.0 Å². The predicted octanol–water partition coefficient (Wildman–Crippen LogP) is -1.15. The Morgan fingerprint density at radius 2 is 1.69 bits per heavy atom. The van der Waals surface area contributed by atoms with Gasteiger partial charge in [0.2, 0.25) is 17.7 Å². The van der Waals surface area contributed by atoms with Gasteiger partial charge in [0.1, 0.15) is 24.2 Å². The molecule has 192 valence electrons. The topological polar surface area (TPSA) is 199 Å². The zero-order valence-electron chi connectivity index (χ0n) is 19.4. The maximum atomic E-state index is 13.2. The first-order valence-electron chi connectivity index (χ1n) is 11.3. The Balaban J connectivity index is 2.25. The Hall–Kier alpha value is -3.51. The van der Waals surface area contributed by atoms with E-state index in [1.54, 1.807) is 30.3 Å². The van der Waals surface area contributed by atoms with Crippen LogP contribution in [0.15, 0.2) is 30.3 Å². The number of likely N-dealkylation sites (tertiary alicyclic amines) is 1. The molecular weight excluding hydrogens is 460 g/mol. The number of carboxylic acid groups (broad SMARTS) is 2. The van der Waals surface area contributed by atoms with Crippen molar-refractivity contribution < 1.29 is 39.3 Å². The van der Waals surface area contributed by atoms with Gasteiger partial charge in [-0.1, -0.05) is 30.3 Å². The molecule has 1 aromatic rings. The fraction of sp³-hybridized carbons (Fsp3) is 0.522. The Labute approximate surface area is 202 Å². The van der Waals surface area contributed by atoms with Crippen LogP contribution in [0.5, 0.6) is 0 Å². The molecule has 0 aromatic heterocycles. The van der Waals surface area contributed by atoms with Gasteiger partial charge in [-0.2, -0.15) is 0 Å². The monoisotopic (exact) mass is 492 g/mol. The molecule has 0 saturated carbocycles. The van der Waals surface area contributed by atoms with Crippen LogP contribution in [0.25, 0.3) is 0 Å². The van der Waals surface area contributed by atoms with Gasteiger partial charge in [-0.05, 0) is 31.7 Å². The highest BCUT2D eigenvalue weighted by Gasteiger charge is 2.38. The smallest absolute Gasteiger partial charge is 0.326 e. The Bertz CT molecular complexity index is 923. The number of aliphatic hydroxyl groups excluding tert-OH is 1. The summed E-state index contributed by atoms with van der Waals surface area (Å²) in [4.78, 5) is 62.6. The summed E-state index contributed by atoms with van der Waals surface area (Å²) in [5.74, 6) is -4.62. The average molecular weight is 493 g/mol. The first kappa shape index (κ1) is 27.7. The van der Waals surface area contributed by atoms with Crippen molar-refractivity contribution in [3.05, 3.63) is 35.9 Å².